The molecule has 2 rings (SSSR count). The van der Waals surface area contributed by atoms with E-state index in [0.29, 0.717) is 17.3 Å². The van der Waals surface area contributed by atoms with Gasteiger partial charge in [0.15, 0.2) is 11.6 Å². The van der Waals surface area contributed by atoms with Crippen LogP contribution >= 0.6 is 35.5 Å². The fourth-order valence-electron chi connectivity index (χ4n) is 2.13. The highest BCUT2D eigenvalue weighted by atomic mass is 35.5. The molecule has 23 heavy (non-hydrogen) atoms. The molecule has 2 heterocycles. The smallest absolute Gasteiger partial charge is 0.193 e. The van der Waals surface area contributed by atoms with Crippen LogP contribution in [-0.2, 0) is 9.59 Å². The summed E-state index contributed by atoms with van der Waals surface area (Å²) < 4.78 is 8.00. The largest absolute Gasteiger partial charge is 0.292 e. The van der Waals surface area contributed by atoms with Crippen LogP contribution < -0.4 is 0 Å². The standard InChI is InChI=1S/C11H19NOS.C5H6ClNOS/c1-2-3-4-5-6-7-8-10-11(13)9-14-12-10;1-3-5(8)4(2-6)9-7-3/h2-9H2,1H3;4H,2H2,1H3. The summed E-state index contributed by atoms with van der Waals surface area (Å²) in [5, 5.41) is -0.119. The highest BCUT2D eigenvalue weighted by Crippen LogP contribution is 2.22. The quantitative estimate of drug-likeness (QED) is 0.350. The molecule has 1 unspecified atom stereocenters. The molecule has 0 saturated heterocycles. The molecule has 0 N–H and O–H groups in total. The van der Waals surface area contributed by atoms with Gasteiger partial charge in [0.2, 0.25) is 0 Å². The maximum atomic E-state index is 11.2. The van der Waals surface area contributed by atoms with E-state index in [0.717, 1.165) is 18.6 Å². The molecular formula is C16H25ClN2O2S2. The molecule has 0 aromatic rings. The minimum absolute atomic E-state index is 0.0787. The molecule has 0 aromatic carbocycles. The molecule has 130 valence electrons. The lowest BCUT2D eigenvalue weighted by molar-refractivity contribution is -0.112. The monoisotopic (exact) mass is 376 g/mol. The van der Waals surface area contributed by atoms with Crippen molar-refractivity contribution in [1.82, 2.24) is 0 Å². The molecule has 2 aliphatic rings. The predicted molar refractivity (Wildman–Crippen MR) is 103 cm³/mol. The third kappa shape index (κ3) is 7.86. The fraction of sp³-hybridized carbons (Fsp3) is 0.750. The Balaban J connectivity index is 0.000000253. The topological polar surface area (TPSA) is 58.9 Å². The molecule has 2 aliphatic heterocycles. The number of carbonyl (C=O) groups is 2. The maximum Gasteiger partial charge on any atom is 0.193 e. The second-order valence-corrected chi connectivity index (χ2v) is 7.54. The van der Waals surface area contributed by atoms with E-state index in [4.69, 9.17) is 11.6 Å². The summed E-state index contributed by atoms with van der Waals surface area (Å²) in [7, 11) is 0. The minimum Gasteiger partial charge on any atom is -0.292 e. The Morgan fingerprint density at radius 3 is 2.30 bits per heavy atom. The number of Topliss-reactive ketones (excluding diaryl/α,β-unsaturated/α-hetero) is 2. The second kappa shape index (κ2) is 12.1. The zero-order valence-corrected chi connectivity index (χ0v) is 16.2. The van der Waals surface area contributed by atoms with Crippen LogP contribution in [0, 0.1) is 0 Å². The second-order valence-electron chi connectivity index (χ2n) is 5.54. The van der Waals surface area contributed by atoms with Gasteiger partial charge in [0.1, 0.15) is 5.25 Å². The summed E-state index contributed by atoms with van der Waals surface area (Å²) in [6.07, 6.45) is 8.56. The average molecular weight is 377 g/mol. The van der Waals surface area contributed by atoms with Crippen molar-refractivity contribution in [3.8, 4) is 0 Å². The lowest BCUT2D eigenvalue weighted by atomic mass is 10.1. The predicted octanol–water partition coefficient (Wildman–Crippen LogP) is 4.69. The van der Waals surface area contributed by atoms with E-state index < -0.39 is 0 Å². The minimum atomic E-state index is -0.119. The number of ketones is 2. The van der Waals surface area contributed by atoms with Crippen molar-refractivity contribution in [3.63, 3.8) is 0 Å². The first-order chi connectivity index (χ1) is 11.1. The molecule has 0 spiro atoms. The van der Waals surface area contributed by atoms with Crippen LogP contribution in [-0.4, -0.2) is 39.9 Å². The average Bonchev–Trinajstić information content (AvgIpc) is 3.10. The Morgan fingerprint density at radius 2 is 1.83 bits per heavy atom. The molecule has 0 radical (unpaired) electrons. The summed E-state index contributed by atoms with van der Waals surface area (Å²) in [6.45, 7) is 3.94. The van der Waals surface area contributed by atoms with E-state index >= 15 is 0 Å². The Kier molecular flexibility index (Phi) is 10.9. The van der Waals surface area contributed by atoms with Crippen LogP contribution in [0.3, 0.4) is 0 Å². The van der Waals surface area contributed by atoms with Gasteiger partial charge in [-0.05, 0) is 43.7 Å². The molecule has 0 aromatic heterocycles. The first-order valence-corrected chi connectivity index (χ1v) is 10.4. The van der Waals surface area contributed by atoms with E-state index in [9.17, 15) is 9.59 Å². The van der Waals surface area contributed by atoms with Gasteiger partial charge in [-0.1, -0.05) is 39.0 Å². The van der Waals surface area contributed by atoms with E-state index in [-0.39, 0.29) is 16.8 Å². The Morgan fingerprint density at radius 1 is 1.13 bits per heavy atom. The molecule has 7 heteroatoms. The Bertz CT molecular complexity index is 467. The lowest BCUT2D eigenvalue weighted by Crippen LogP contribution is -2.19. The molecular weight excluding hydrogens is 352 g/mol. The van der Waals surface area contributed by atoms with Gasteiger partial charge in [0.05, 0.1) is 17.2 Å². The highest BCUT2D eigenvalue weighted by molar-refractivity contribution is 8.00. The summed E-state index contributed by atoms with van der Waals surface area (Å²) in [5.41, 5.74) is 1.41. The van der Waals surface area contributed by atoms with Gasteiger partial charge in [-0.25, -0.2) is 8.80 Å². The van der Waals surface area contributed by atoms with Gasteiger partial charge >= 0.3 is 0 Å². The van der Waals surface area contributed by atoms with Crippen LogP contribution in [0.1, 0.15) is 58.8 Å². The highest BCUT2D eigenvalue weighted by Gasteiger charge is 2.26. The van der Waals surface area contributed by atoms with Crippen molar-refractivity contribution >= 4 is 58.5 Å². The van der Waals surface area contributed by atoms with E-state index in [1.165, 1.54) is 56.0 Å². The maximum absolute atomic E-state index is 11.2. The van der Waals surface area contributed by atoms with Crippen LogP contribution in [0.25, 0.3) is 0 Å². The van der Waals surface area contributed by atoms with Gasteiger partial charge in [0, 0.05) is 5.88 Å². The van der Waals surface area contributed by atoms with Crippen LogP contribution in [0.5, 0.6) is 0 Å². The van der Waals surface area contributed by atoms with Gasteiger partial charge < -0.3 is 0 Å². The zero-order chi connectivity index (χ0) is 17.1. The Labute approximate surface area is 152 Å². The molecule has 0 saturated carbocycles. The number of carbonyl (C=O) groups excluding carboxylic acids is 2. The summed E-state index contributed by atoms with van der Waals surface area (Å²) in [4.78, 5) is 22.1. The number of nitrogens with zero attached hydrogens (tertiary/aromatic N) is 2. The van der Waals surface area contributed by atoms with Gasteiger partial charge in [-0.3, -0.25) is 9.59 Å². The SMILES string of the molecule is CC1=NSC(CCl)C1=O.CCCCCCCCC1=NSCC1=O. The van der Waals surface area contributed by atoms with Crippen molar-refractivity contribution in [1.29, 1.82) is 0 Å². The third-order valence-corrected chi connectivity index (χ3v) is 5.81. The lowest BCUT2D eigenvalue weighted by Gasteiger charge is -1.99. The van der Waals surface area contributed by atoms with Gasteiger partial charge in [-0.15, -0.1) is 11.6 Å². The number of hydrogen-bond donors (Lipinski definition) is 0. The zero-order valence-electron chi connectivity index (χ0n) is 13.8. The fourth-order valence-corrected chi connectivity index (χ4v) is 3.83. The Hall–Kier alpha value is -0.330. The number of hydrogen-bond acceptors (Lipinski definition) is 6. The van der Waals surface area contributed by atoms with E-state index in [1.807, 2.05) is 0 Å². The third-order valence-electron chi connectivity index (χ3n) is 3.57. The van der Waals surface area contributed by atoms with Gasteiger partial charge in [0.25, 0.3) is 0 Å². The molecule has 0 fully saturated rings. The number of halogens is 1. The van der Waals surface area contributed by atoms with E-state index in [1.54, 1.807) is 6.92 Å². The van der Waals surface area contributed by atoms with Crippen molar-refractivity contribution in [2.45, 2.75) is 64.0 Å². The molecule has 0 amide bonds. The summed E-state index contributed by atoms with van der Waals surface area (Å²) in [5.74, 6) is 1.27. The van der Waals surface area contributed by atoms with Crippen molar-refractivity contribution in [2.75, 3.05) is 11.6 Å². The summed E-state index contributed by atoms with van der Waals surface area (Å²) in [6, 6.07) is 0. The van der Waals surface area contributed by atoms with Crippen molar-refractivity contribution in [3.05, 3.63) is 0 Å². The van der Waals surface area contributed by atoms with Crippen molar-refractivity contribution in [2.24, 2.45) is 8.80 Å². The first kappa shape index (κ1) is 20.7. The number of rotatable bonds is 8. The first-order valence-electron chi connectivity index (χ1n) is 8.12. The normalized spacial score (nSPS) is 20.2. The van der Waals surface area contributed by atoms with E-state index in [2.05, 4.69) is 15.7 Å². The van der Waals surface area contributed by atoms with Crippen LogP contribution in [0.15, 0.2) is 8.80 Å². The molecule has 4 nitrogen and oxygen atoms in total. The van der Waals surface area contributed by atoms with Crippen LogP contribution in [0.2, 0.25) is 0 Å². The van der Waals surface area contributed by atoms with Crippen molar-refractivity contribution < 1.29 is 9.59 Å². The van der Waals surface area contributed by atoms with Gasteiger partial charge in [-0.2, -0.15) is 0 Å². The summed E-state index contributed by atoms with van der Waals surface area (Å²) >= 11 is 8.12. The van der Waals surface area contributed by atoms with Crippen LogP contribution in [0.4, 0.5) is 0 Å². The number of unbranched alkanes of at least 4 members (excludes halogenated alkanes) is 5. The number of alkyl halides is 1. The molecule has 0 bridgehead atoms. The molecule has 1 atom stereocenters. The molecule has 0 aliphatic carbocycles.